The molecule has 0 heterocycles. The molecule has 3 amide bonds. The Kier molecular flexibility index (Phi) is 11.4. The smallest absolute Gasteiger partial charge is 0.411 e. The minimum Gasteiger partial charge on any atom is -0.469 e. The first kappa shape index (κ1) is 31.7. The monoisotopic (exact) mass is 531 g/mol. The predicted molar refractivity (Wildman–Crippen MR) is 129 cm³/mol. The summed E-state index contributed by atoms with van der Waals surface area (Å²) in [5, 5.41) is 6.72. The highest BCUT2D eigenvalue weighted by molar-refractivity contribution is 5.82. The first-order valence-corrected chi connectivity index (χ1v) is 11.7. The third kappa shape index (κ3) is 12.0. The van der Waals surface area contributed by atoms with E-state index in [9.17, 15) is 32.3 Å². The molecule has 3 atom stereocenters. The molecule has 1 rings (SSSR count). The first-order chi connectivity index (χ1) is 16.9. The number of halogens is 3. The van der Waals surface area contributed by atoms with Crippen LogP contribution in [0.4, 0.5) is 18.0 Å². The van der Waals surface area contributed by atoms with Gasteiger partial charge in [0.25, 0.3) is 0 Å². The molecule has 37 heavy (non-hydrogen) atoms. The van der Waals surface area contributed by atoms with Crippen LogP contribution in [0, 0.1) is 0 Å². The SMILES string of the molecule is COC(=O)C[C@H](Cc1ccccc1)NC(=O)C[C@@](C)(NC(=O)C[C@H](C)NC(=O)OC(C)(C)C)C(F)(F)F. The lowest BCUT2D eigenvalue weighted by Crippen LogP contribution is -2.59. The van der Waals surface area contributed by atoms with E-state index in [4.69, 9.17) is 4.74 Å². The van der Waals surface area contributed by atoms with Crippen LogP contribution in [-0.2, 0) is 30.3 Å². The molecule has 0 aliphatic rings. The van der Waals surface area contributed by atoms with Crippen LogP contribution in [0.1, 0.15) is 59.4 Å². The second-order valence-corrected chi connectivity index (χ2v) is 10.0. The van der Waals surface area contributed by atoms with Crippen molar-refractivity contribution in [3.63, 3.8) is 0 Å². The lowest BCUT2D eigenvalue weighted by molar-refractivity contribution is -0.196. The molecule has 0 aromatic heterocycles. The summed E-state index contributed by atoms with van der Waals surface area (Å²) in [6.45, 7) is 7.04. The summed E-state index contributed by atoms with van der Waals surface area (Å²) < 4.78 is 51.5. The molecule has 9 nitrogen and oxygen atoms in total. The molecular formula is C25H36F3N3O6. The van der Waals surface area contributed by atoms with Gasteiger partial charge in [-0.1, -0.05) is 30.3 Å². The van der Waals surface area contributed by atoms with Gasteiger partial charge in [0.15, 0.2) is 0 Å². The van der Waals surface area contributed by atoms with Gasteiger partial charge in [-0.3, -0.25) is 14.4 Å². The number of alkyl halides is 3. The number of alkyl carbamates (subject to hydrolysis) is 1. The number of ether oxygens (including phenoxy) is 2. The van der Waals surface area contributed by atoms with Crippen molar-refractivity contribution in [1.29, 1.82) is 0 Å². The Morgan fingerprint density at radius 2 is 1.51 bits per heavy atom. The minimum atomic E-state index is -4.97. The van der Waals surface area contributed by atoms with Crippen molar-refractivity contribution in [1.82, 2.24) is 16.0 Å². The fourth-order valence-electron chi connectivity index (χ4n) is 3.37. The van der Waals surface area contributed by atoms with E-state index in [2.05, 4.69) is 15.4 Å². The third-order valence-corrected chi connectivity index (χ3v) is 5.14. The number of benzene rings is 1. The van der Waals surface area contributed by atoms with Crippen LogP contribution in [0.3, 0.4) is 0 Å². The molecule has 208 valence electrons. The molecule has 12 heteroatoms. The zero-order valence-corrected chi connectivity index (χ0v) is 22.0. The Balaban J connectivity index is 2.88. The predicted octanol–water partition coefficient (Wildman–Crippen LogP) is 3.41. The molecule has 0 saturated carbocycles. The summed E-state index contributed by atoms with van der Waals surface area (Å²) in [5.74, 6) is -2.67. The summed E-state index contributed by atoms with van der Waals surface area (Å²) in [7, 11) is 1.17. The molecule has 0 radical (unpaired) electrons. The first-order valence-electron chi connectivity index (χ1n) is 11.7. The highest BCUT2D eigenvalue weighted by Crippen LogP contribution is 2.33. The van der Waals surface area contributed by atoms with Gasteiger partial charge in [0.2, 0.25) is 11.8 Å². The summed E-state index contributed by atoms with van der Waals surface area (Å²) in [4.78, 5) is 48.7. The van der Waals surface area contributed by atoms with Crippen molar-refractivity contribution < 1.29 is 41.8 Å². The summed E-state index contributed by atoms with van der Waals surface area (Å²) in [6.07, 6.45) is -7.46. The molecule has 0 aliphatic carbocycles. The van der Waals surface area contributed by atoms with Gasteiger partial charge in [0, 0.05) is 18.5 Å². The van der Waals surface area contributed by atoms with Gasteiger partial charge in [-0.2, -0.15) is 13.2 Å². The number of rotatable bonds is 11. The largest absolute Gasteiger partial charge is 0.469 e. The highest BCUT2D eigenvalue weighted by Gasteiger charge is 2.53. The number of esters is 1. The molecule has 0 aliphatic heterocycles. The molecule has 3 N–H and O–H groups in total. The van der Waals surface area contributed by atoms with E-state index < -0.39 is 66.1 Å². The number of carbonyl (C=O) groups is 4. The van der Waals surface area contributed by atoms with E-state index in [0.29, 0.717) is 6.92 Å². The summed E-state index contributed by atoms with van der Waals surface area (Å²) >= 11 is 0. The molecule has 1 aromatic carbocycles. The fourth-order valence-corrected chi connectivity index (χ4v) is 3.37. The van der Waals surface area contributed by atoms with Gasteiger partial charge in [-0.25, -0.2) is 4.79 Å². The molecule has 0 unspecified atom stereocenters. The van der Waals surface area contributed by atoms with Crippen LogP contribution in [-0.4, -0.2) is 60.4 Å². The highest BCUT2D eigenvalue weighted by atomic mass is 19.4. The number of hydrogen-bond donors (Lipinski definition) is 3. The number of hydrogen-bond acceptors (Lipinski definition) is 6. The van der Waals surface area contributed by atoms with Gasteiger partial charge >= 0.3 is 18.2 Å². The van der Waals surface area contributed by atoms with E-state index in [1.807, 2.05) is 5.32 Å². The normalized spacial score (nSPS) is 14.9. The Bertz CT molecular complexity index is 934. The van der Waals surface area contributed by atoms with Crippen molar-refractivity contribution in [2.24, 2.45) is 0 Å². The quantitative estimate of drug-likeness (QED) is 0.376. The topological polar surface area (TPSA) is 123 Å². The van der Waals surface area contributed by atoms with Crippen molar-refractivity contribution in [2.75, 3.05) is 7.11 Å². The van der Waals surface area contributed by atoms with Crippen LogP contribution in [0.5, 0.6) is 0 Å². The van der Waals surface area contributed by atoms with Crippen LogP contribution in [0.2, 0.25) is 0 Å². The van der Waals surface area contributed by atoms with Gasteiger partial charge < -0.3 is 25.4 Å². The maximum absolute atomic E-state index is 13.9. The van der Waals surface area contributed by atoms with Gasteiger partial charge in [-0.05, 0) is 46.6 Å². The van der Waals surface area contributed by atoms with E-state index in [1.165, 1.54) is 14.0 Å². The standard InChI is InChI=1S/C25H36F3N3O6/c1-16(29-22(35)37-23(2,3)4)12-19(32)31-24(5,25(26,27)28)15-20(33)30-18(14-21(34)36-6)13-17-10-8-7-9-11-17/h7-11,16,18H,12-15H2,1-6H3,(H,29,35)(H,30,33)(H,31,32)/t16-,18-,24+/m0/s1. The average Bonchev–Trinajstić information content (AvgIpc) is 2.71. The number of nitrogens with one attached hydrogen (secondary N) is 3. The average molecular weight is 532 g/mol. The Morgan fingerprint density at radius 1 is 0.919 bits per heavy atom. The Morgan fingerprint density at radius 3 is 2.03 bits per heavy atom. The fraction of sp³-hybridized carbons (Fsp3) is 0.600. The van der Waals surface area contributed by atoms with Crippen molar-refractivity contribution in [2.45, 2.75) is 89.7 Å². The maximum atomic E-state index is 13.9. The lowest BCUT2D eigenvalue weighted by Gasteiger charge is -2.33. The van der Waals surface area contributed by atoms with E-state index in [0.717, 1.165) is 5.56 Å². The molecular weight excluding hydrogens is 495 g/mol. The van der Waals surface area contributed by atoms with Crippen LogP contribution >= 0.6 is 0 Å². The second-order valence-electron chi connectivity index (χ2n) is 10.0. The molecule has 0 fully saturated rings. The van der Waals surface area contributed by atoms with Gasteiger partial charge in [-0.15, -0.1) is 0 Å². The molecule has 0 saturated heterocycles. The van der Waals surface area contributed by atoms with E-state index >= 15 is 0 Å². The Labute approximate surface area is 214 Å². The summed E-state index contributed by atoms with van der Waals surface area (Å²) in [6, 6.07) is 7.12. The van der Waals surface area contributed by atoms with Crippen LogP contribution < -0.4 is 16.0 Å². The number of carbonyl (C=O) groups excluding carboxylic acids is 4. The van der Waals surface area contributed by atoms with Crippen molar-refractivity contribution in [3.8, 4) is 0 Å². The Hall–Kier alpha value is -3.31. The number of amides is 3. The number of methoxy groups -OCH3 is 1. The lowest BCUT2D eigenvalue weighted by atomic mass is 9.95. The van der Waals surface area contributed by atoms with E-state index in [-0.39, 0.29) is 12.8 Å². The molecule has 1 aromatic rings. The zero-order valence-electron chi connectivity index (χ0n) is 22.0. The van der Waals surface area contributed by atoms with E-state index in [1.54, 1.807) is 51.1 Å². The maximum Gasteiger partial charge on any atom is 0.411 e. The molecule has 0 bridgehead atoms. The van der Waals surface area contributed by atoms with Gasteiger partial charge in [0.1, 0.15) is 11.1 Å². The van der Waals surface area contributed by atoms with Gasteiger partial charge in [0.05, 0.1) is 20.0 Å². The van der Waals surface area contributed by atoms with Crippen LogP contribution in [0.15, 0.2) is 30.3 Å². The second kappa shape index (κ2) is 13.3. The van der Waals surface area contributed by atoms with Crippen molar-refractivity contribution >= 4 is 23.9 Å². The zero-order chi connectivity index (χ0) is 28.4. The molecule has 0 spiro atoms. The van der Waals surface area contributed by atoms with Crippen molar-refractivity contribution in [3.05, 3.63) is 35.9 Å². The third-order valence-electron chi connectivity index (χ3n) is 5.14. The summed E-state index contributed by atoms with van der Waals surface area (Å²) in [5.41, 5.74) is -2.93. The van der Waals surface area contributed by atoms with Crippen LogP contribution in [0.25, 0.3) is 0 Å². The minimum absolute atomic E-state index is 0.185.